The van der Waals surface area contributed by atoms with Crippen molar-refractivity contribution in [2.75, 3.05) is 4.90 Å². The molecule has 0 fully saturated rings. The fourth-order valence-corrected chi connectivity index (χ4v) is 12.5. The summed E-state index contributed by atoms with van der Waals surface area (Å²) in [5.41, 5.74) is 20.7. The van der Waals surface area contributed by atoms with Crippen LogP contribution in [0.4, 0.5) is 17.1 Å². The molecule has 3 aliphatic carbocycles. The summed E-state index contributed by atoms with van der Waals surface area (Å²) in [6.45, 7) is 0. The Hall–Kier alpha value is -8.26. The number of benzene rings is 11. The van der Waals surface area contributed by atoms with Crippen molar-refractivity contribution < 1.29 is 0 Å². The Kier molecular flexibility index (Phi) is 7.59. The maximum absolute atomic E-state index is 2.55. The summed E-state index contributed by atoms with van der Waals surface area (Å²) in [7, 11) is 0. The van der Waals surface area contributed by atoms with Crippen molar-refractivity contribution in [3.63, 3.8) is 0 Å². The van der Waals surface area contributed by atoms with Crippen molar-refractivity contribution in [3.8, 4) is 33.4 Å². The maximum atomic E-state index is 2.55. The van der Waals surface area contributed by atoms with Gasteiger partial charge in [0.25, 0.3) is 0 Å². The van der Waals surface area contributed by atoms with E-state index >= 15 is 0 Å². The highest BCUT2D eigenvalue weighted by Crippen LogP contribution is 2.65. The summed E-state index contributed by atoms with van der Waals surface area (Å²) in [4.78, 5) is 2.55. The largest absolute Gasteiger partial charge is 0.310 e. The van der Waals surface area contributed by atoms with E-state index in [0.29, 0.717) is 0 Å². The zero-order valence-electron chi connectivity index (χ0n) is 35.6. The molecular weight excluding hydrogens is 783 g/mol. The van der Waals surface area contributed by atoms with Gasteiger partial charge in [0, 0.05) is 16.9 Å². The van der Waals surface area contributed by atoms with Crippen LogP contribution in [0.5, 0.6) is 0 Å². The van der Waals surface area contributed by atoms with Crippen molar-refractivity contribution in [1.29, 1.82) is 0 Å². The molecule has 11 aromatic rings. The predicted molar refractivity (Wildman–Crippen MR) is 270 cm³/mol. The van der Waals surface area contributed by atoms with Crippen LogP contribution in [-0.4, -0.2) is 0 Å². The molecule has 3 aliphatic rings. The lowest BCUT2D eigenvalue weighted by molar-refractivity contribution is 0.768. The third-order valence-corrected chi connectivity index (χ3v) is 14.9. The highest BCUT2D eigenvalue weighted by Gasteiger charge is 2.52. The minimum absolute atomic E-state index is 0.453. The van der Waals surface area contributed by atoms with E-state index in [1.54, 1.807) is 0 Å². The third kappa shape index (κ3) is 4.77. The first-order valence-electron chi connectivity index (χ1n) is 22.8. The highest BCUT2D eigenvalue weighted by molar-refractivity contribution is 6.09. The number of anilines is 3. The van der Waals surface area contributed by atoms with Gasteiger partial charge in [-0.05, 0) is 124 Å². The minimum atomic E-state index is -0.482. The zero-order chi connectivity index (χ0) is 42.7. The van der Waals surface area contributed by atoms with Crippen molar-refractivity contribution in [2.24, 2.45) is 0 Å². The van der Waals surface area contributed by atoms with E-state index in [2.05, 4.69) is 254 Å². The molecule has 0 bridgehead atoms. The number of hydrogen-bond donors (Lipinski definition) is 0. The number of fused-ring (bicyclic) bond motifs is 16. The van der Waals surface area contributed by atoms with Gasteiger partial charge in [-0.25, -0.2) is 0 Å². The Bertz CT molecular complexity index is 3650. The summed E-state index contributed by atoms with van der Waals surface area (Å²) in [6.07, 6.45) is 0. The van der Waals surface area contributed by atoms with Crippen LogP contribution < -0.4 is 4.90 Å². The first kappa shape index (κ1) is 36.2. The van der Waals surface area contributed by atoms with Crippen LogP contribution in [0.25, 0.3) is 54.9 Å². The Morgan fingerprint density at radius 3 is 1.40 bits per heavy atom. The van der Waals surface area contributed by atoms with Crippen LogP contribution in [0, 0.1) is 0 Å². The number of rotatable bonds is 5. The fourth-order valence-electron chi connectivity index (χ4n) is 12.5. The van der Waals surface area contributed by atoms with Gasteiger partial charge in [0.15, 0.2) is 0 Å². The van der Waals surface area contributed by atoms with Crippen molar-refractivity contribution in [1.82, 2.24) is 0 Å². The molecule has 0 unspecified atom stereocenters. The van der Waals surface area contributed by atoms with Crippen LogP contribution >= 0.6 is 0 Å². The Balaban J connectivity index is 1.07. The smallest absolute Gasteiger partial charge is 0.0726 e. The SMILES string of the molecule is c1ccc(C2(c3ccccc3)c3ccccc3-c3cc(N(c4ccc5c(ccc6ccccc65)c4)c4cccc5c4-c4ccccc4C54c5ccccc5-c5ccccc54)ccc32)cc1. The van der Waals surface area contributed by atoms with E-state index < -0.39 is 10.8 Å². The molecule has 1 nitrogen and oxygen atoms in total. The van der Waals surface area contributed by atoms with Crippen molar-refractivity contribution in [3.05, 3.63) is 293 Å². The summed E-state index contributed by atoms with van der Waals surface area (Å²) >= 11 is 0. The van der Waals surface area contributed by atoms with Gasteiger partial charge in [0.05, 0.1) is 16.5 Å². The van der Waals surface area contributed by atoms with Crippen LogP contribution in [0.15, 0.2) is 249 Å². The van der Waals surface area contributed by atoms with E-state index in [4.69, 9.17) is 0 Å². The first-order valence-corrected chi connectivity index (χ1v) is 22.8. The summed E-state index contributed by atoms with van der Waals surface area (Å²) < 4.78 is 0. The molecule has 0 radical (unpaired) electrons. The maximum Gasteiger partial charge on any atom is 0.0726 e. The third-order valence-electron chi connectivity index (χ3n) is 14.9. The molecule has 0 saturated heterocycles. The van der Waals surface area contributed by atoms with Crippen LogP contribution in [-0.2, 0) is 10.8 Å². The van der Waals surface area contributed by atoms with E-state index in [1.165, 1.54) is 99.4 Å². The normalized spacial score (nSPS) is 14.1. The second-order valence-electron chi connectivity index (χ2n) is 17.9. The molecule has 14 rings (SSSR count). The molecule has 0 N–H and O–H groups in total. The van der Waals surface area contributed by atoms with Gasteiger partial charge in [-0.3, -0.25) is 0 Å². The van der Waals surface area contributed by atoms with Gasteiger partial charge in [-0.1, -0.05) is 218 Å². The van der Waals surface area contributed by atoms with E-state index in [1.807, 2.05) is 0 Å². The summed E-state index contributed by atoms with van der Waals surface area (Å²) in [5, 5.41) is 4.99. The van der Waals surface area contributed by atoms with Gasteiger partial charge in [-0.2, -0.15) is 0 Å². The molecule has 0 amide bonds. The molecule has 302 valence electrons. The second-order valence-corrected chi connectivity index (χ2v) is 17.9. The van der Waals surface area contributed by atoms with Gasteiger partial charge in [0.1, 0.15) is 0 Å². The summed E-state index contributed by atoms with van der Waals surface area (Å²) in [6, 6.07) is 93.3. The molecule has 1 spiro atoms. The molecule has 0 aromatic heterocycles. The Morgan fingerprint density at radius 1 is 0.262 bits per heavy atom. The average molecular weight is 824 g/mol. The molecule has 11 aromatic carbocycles. The fraction of sp³-hybridized carbons (Fsp3) is 0.0312. The number of nitrogens with zero attached hydrogens (tertiary/aromatic N) is 1. The van der Waals surface area contributed by atoms with Gasteiger partial charge in [0.2, 0.25) is 0 Å². The molecule has 1 heteroatoms. The van der Waals surface area contributed by atoms with Crippen molar-refractivity contribution in [2.45, 2.75) is 10.8 Å². The lowest BCUT2D eigenvalue weighted by atomic mass is 9.68. The molecule has 0 aliphatic heterocycles. The highest BCUT2D eigenvalue weighted by atomic mass is 15.1. The topological polar surface area (TPSA) is 3.24 Å². The predicted octanol–water partition coefficient (Wildman–Crippen LogP) is 16.2. The van der Waals surface area contributed by atoms with E-state index in [9.17, 15) is 0 Å². The molecule has 0 heterocycles. The number of hydrogen-bond acceptors (Lipinski definition) is 1. The van der Waals surface area contributed by atoms with E-state index in [-0.39, 0.29) is 0 Å². The molecule has 0 atom stereocenters. The Morgan fingerprint density at radius 2 is 0.723 bits per heavy atom. The molecule has 65 heavy (non-hydrogen) atoms. The van der Waals surface area contributed by atoms with Gasteiger partial charge >= 0.3 is 0 Å². The van der Waals surface area contributed by atoms with Crippen LogP contribution in [0.3, 0.4) is 0 Å². The van der Waals surface area contributed by atoms with Crippen molar-refractivity contribution >= 4 is 38.6 Å². The lowest BCUT2D eigenvalue weighted by Crippen LogP contribution is -2.28. The van der Waals surface area contributed by atoms with Gasteiger partial charge < -0.3 is 4.90 Å². The summed E-state index contributed by atoms with van der Waals surface area (Å²) in [5.74, 6) is 0. The molecular formula is C64H41N. The van der Waals surface area contributed by atoms with Crippen LogP contribution in [0.1, 0.15) is 44.5 Å². The zero-order valence-corrected chi connectivity index (χ0v) is 35.6. The van der Waals surface area contributed by atoms with E-state index in [0.717, 1.165) is 17.1 Å². The van der Waals surface area contributed by atoms with Gasteiger partial charge in [-0.15, -0.1) is 0 Å². The lowest BCUT2D eigenvalue weighted by Gasteiger charge is -2.34. The van der Waals surface area contributed by atoms with Crippen LogP contribution in [0.2, 0.25) is 0 Å². The first-order chi connectivity index (χ1) is 32.3. The monoisotopic (exact) mass is 823 g/mol. The second kappa shape index (κ2) is 13.6. The Labute approximate surface area is 379 Å². The molecule has 0 saturated carbocycles. The quantitative estimate of drug-likeness (QED) is 0.156. The standard InChI is InChI=1S/C64H41N/c1-3-19-44(20-4-1)63(45-21-5-2-6-22-45)55-28-13-11-26-52(55)54-41-47(37-39-59(54)63)65(46-36-38-49-43(40-46)35-34-42-18-7-8-23-48(42)49)61-33-17-32-60-62(61)53-27-12-16-31-58(53)64(60)56-29-14-9-24-50(56)51-25-10-15-30-57(51)64/h1-41H. The average Bonchev–Trinajstić information content (AvgIpc) is 3.97. The minimum Gasteiger partial charge on any atom is -0.310 e.